The van der Waals surface area contributed by atoms with Crippen LogP contribution in [0.4, 0.5) is 0 Å². The summed E-state index contributed by atoms with van der Waals surface area (Å²) in [5.41, 5.74) is 0.636. The molecule has 0 unspecified atom stereocenters. The van der Waals surface area contributed by atoms with E-state index in [1.54, 1.807) is 17.4 Å². The van der Waals surface area contributed by atoms with E-state index in [9.17, 15) is 8.42 Å². The summed E-state index contributed by atoms with van der Waals surface area (Å²) < 4.78 is 22.9. The van der Waals surface area contributed by atoms with Crippen molar-refractivity contribution in [2.45, 2.75) is 18.5 Å². The number of hydrogen-bond donors (Lipinski definition) is 0. The first-order valence-corrected chi connectivity index (χ1v) is 8.51. The Balaban J connectivity index is 2.37. The van der Waals surface area contributed by atoms with E-state index in [-0.39, 0.29) is 5.16 Å². The Labute approximate surface area is 116 Å². The molecule has 0 spiro atoms. The second-order valence-electron chi connectivity index (χ2n) is 4.01. The van der Waals surface area contributed by atoms with Gasteiger partial charge in [0, 0.05) is 17.3 Å². The van der Waals surface area contributed by atoms with E-state index in [4.69, 9.17) is 0 Å². The van der Waals surface area contributed by atoms with Crippen LogP contribution in [-0.4, -0.2) is 24.6 Å². The zero-order valence-electron chi connectivity index (χ0n) is 10.7. The van der Waals surface area contributed by atoms with Crippen LogP contribution in [-0.2, 0) is 9.84 Å². The van der Waals surface area contributed by atoms with Gasteiger partial charge in [-0.25, -0.2) is 18.4 Å². The topological polar surface area (TPSA) is 59.9 Å². The highest BCUT2D eigenvalue weighted by atomic mass is 32.2. The molecule has 19 heavy (non-hydrogen) atoms. The Hall–Kier alpha value is -1.53. The number of rotatable bonds is 4. The van der Waals surface area contributed by atoms with Gasteiger partial charge >= 0.3 is 0 Å². The predicted molar refractivity (Wildman–Crippen MR) is 77.8 cm³/mol. The van der Waals surface area contributed by atoms with E-state index in [2.05, 4.69) is 23.0 Å². The molecule has 0 atom stereocenters. The van der Waals surface area contributed by atoms with Crippen molar-refractivity contribution in [1.29, 1.82) is 0 Å². The standard InChI is InChI=1S/C13H14N2O2S2/c1-3-4-5-10-6-7-12(18-10)11-8-9-14-13(15-11)19(2,16)17/h4-9H,3H2,1-2H3/b5-4+. The highest BCUT2D eigenvalue weighted by Crippen LogP contribution is 2.27. The van der Waals surface area contributed by atoms with E-state index in [1.807, 2.05) is 18.2 Å². The van der Waals surface area contributed by atoms with Gasteiger partial charge in [0.05, 0.1) is 10.6 Å². The van der Waals surface area contributed by atoms with Crippen LogP contribution in [0.25, 0.3) is 16.6 Å². The van der Waals surface area contributed by atoms with Crippen molar-refractivity contribution in [3.8, 4) is 10.6 Å². The molecule has 2 aromatic heterocycles. The summed E-state index contributed by atoms with van der Waals surface area (Å²) in [5.74, 6) is 0. The molecule has 2 rings (SSSR count). The van der Waals surface area contributed by atoms with Gasteiger partial charge in [-0.15, -0.1) is 11.3 Å². The summed E-state index contributed by atoms with van der Waals surface area (Å²) in [4.78, 5) is 9.93. The first-order chi connectivity index (χ1) is 9.00. The van der Waals surface area contributed by atoms with Crippen molar-refractivity contribution in [3.63, 3.8) is 0 Å². The normalized spacial score (nSPS) is 12.1. The monoisotopic (exact) mass is 294 g/mol. The van der Waals surface area contributed by atoms with Crippen LogP contribution in [0.5, 0.6) is 0 Å². The van der Waals surface area contributed by atoms with Gasteiger partial charge in [-0.05, 0) is 30.7 Å². The quantitative estimate of drug-likeness (QED) is 0.813. The maximum atomic E-state index is 11.4. The lowest BCUT2D eigenvalue weighted by Crippen LogP contribution is -2.03. The van der Waals surface area contributed by atoms with Crippen molar-refractivity contribution in [2.24, 2.45) is 0 Å². The van der Waals surface area contributed by atoms with E-state index < -0.39 is 9.84 Å². The van der Waals surface area contributed by atoms with Crippen molar-refractivity contribution in [3.05, 3.63) is 35.3 Å². The van der Waals surface area contributed by atoms with Crippen LogP contribution in [0.3, 0.4) is 0 Å². The lowest BCUT2D eigenvalue weighted by atomic mass is 10.3. The molecule has 0 fully saturated rings. The first-order valence-electron chi connectivity index (χ1n) is 5.80. The maximum absolute atomic E-state index is 11.4. The van der Waals surface area contributed by atoms with Crippen LogP contribution in [0.1, 0.15) is 18.2 Å². The van der Waals surface area contributed by atoms with Gasteiger partial charge in [0.15, 0.2) is 0 Å². The van der Waals surface area contributed by atoms with Crippen molar-refractivity contribution in [2.75, 3.05) is 6.26 Å². The Kier molecular flexibility index (Phi) is 4.11. The lowest BCUT2D eigenvalue weighted by molar-refractivity contribution is 0.593. The van der Waals surface area contributed by atoms with Gasteiger partial charge in [0.2, 0.25) is 15.0 Å². The maximum Gasteiger partial charge on any atom is 0.247 e. The first kappa shape index (κ1) is 13.9. The second kappa shape index (κ2) is 5.63. The molecule has 0 aliphatic heterocycles. The number of hydrogen-bond acceptors (Lipinski definition) is 5. The Bertz CT molecular complexity index is 703. The minimum atomic E-state index is -3.37. The smallest absolute Gasteiger partial charge is 0.227 e. The molecule has 0 aromatic carbocycles. The Morgan fingerprint density at radius 3 is 2.79 bits per heavy atom. The summed E-state index contributed by atoms with van der Waals surface area (Å²) in [5, 5.41) is -0.135. The third-order valence-electron chi connectivity index (χ3n) is 2.36. The third kappa shape index (κ3) is 3.48. The van der Waals surface area contributed by atoms with Gasteiger partial charge in [0.1, 0.15) is 0 Å². The fraction of sp³-hybridized carbons (Fsp3) is 0.231. The largest absolute Gasteiger partial charge is 0.247 e. The number of aromatic nitrogens is 2. The summed E-state index contributed by atoms with van der Waals surface area (Å²) in [6, 6.07) is 5.65. The Morgan fingerprint density at radius 1 is 1.32 bits per heavy atom. The molecule has 6 heteroatoms. The van der Waals surface area contributed by atoms with Crippen molar-refractivity contribution in [1.82, 2.24) is 9.97 Å². The fourth-order valence-electron chi connectivity index (χ4n) is 1.47. The molecule has 2 heterocycles. The second-order valence-corrected chi connectivity index (χ2v) is 7.03. The molecule has 0 N–H and O–H groups in total. The molecule has 0 aliphatic carbocycles. The number of allylic oxidation sites excluding steroid dienone is 1. The summed E-state index contributed by atoms with van der Waals surface area (Å²) in [6.45, 7) is 2.08. The average Bonchev–Trinajstić information content (AvgIpc) is 2.84. The van der Waals surface area contributed by atoms with Gasteiger partial charge in [0.25, 0.3) is 0 Å². The predicted octanol–water partition coefficient (Wildman–Crippen LogP) is 3.03. The van der Waals surface area contributed by atoms with Crippen LogP contribution < -0.4 is 0 Å². The van der Waals surface area contributed by atoms with E-state index >= 15 is 0 Å². The number of sulfone groups is 1. The zero-order valence-corrected chi connectivity index (χ0v) is 12.3. The summed E-state index contributed by atoms with van der Waals surface area (Å²) >= 11 is 1.57. The average molecular weight is 294 g/mol. The number of thiophene rings is 1. The fourth-order valence-corrected chi connectivity index (χ4v) is 2.90. The van der Waals surface area contributed by atoms with Gasteiger partial charge in [-0.1, -0.05) is 13.0 Å². The Morgan fingerprint density at radius 2 is 2.11 bits per heavy atom. The highest BCUT2D eigenvalue weighted by molar-refractivity contribution is 7.90. The van der Waals surface area contributed by atoms with Crippen LogP contribution in [0.15, 0.2) is 35.6 Å². The van der Waals surface area contributed by atoms with Crippen LogP contribution >= 0.6 is 11.3 Å². The lowest BCUT2D eigenvalue weighted by Gasteiger charge is -1.99. The molecule has 0 amide bonds. The molecule has 4 nitrogen and oxygen atoms in total. The summed E-state index contributed by atoms with van der Waals surface area (Å²) in [6.07, 6.45) is 7.69. The molecule has 0 bridgehead atoms. The molecule has 0 aliphatic rings. The molecular formula is C13H14N2O2S2. The van der Waals surface area contributed by atoms with Gasteiger partial charge < -0.3 is 0 Å². The molecule has 0 radical (unpaired) electrons. The highest BCUT2D eigenvalue weighted by Gasteiger charge is 2.12. The van der Waals surface area contributed by atoms with Gasteiger partial charge in [-0.3, -0.25) is 0 Å². The van der Waals surface area contributed by atoms with Crippen molar-refractivity contribution < 1.29 is 8.42 Å². The zero-order chi connectivity index (χ0) is 13.9. The molecule has 100 valence electrons. The van der Waals surface area contributed by atoms with Crippen LogP contribution in [0.2, 0.25) is 0 Å². The van der Waals surface area contributed by atoms with Crippen LogP contribution in [0, 0.1) is 0 Å². The minimum Gasteiger partial charge on any atom is -0.227 e. The van der Waals surface area contributed by atoms with Crippen molar-refractivity contribution >= 4 is 27.3 Å². The molecule has 0 saturated heterocycles. The molecule has 0 saturated carbocycles. The van der Waals surface area contributed by atoms with Gasteiger partial charge in [-0.2, -0.15) is 0 Å². The minimum absolute atomic E-state index is 0.135. The van der Waals surface area contributed by atoms with E-state index in [0.29, 0.717) is 5.69 Å². The van der Waals surface area contributed by atoms with E-state index in [1.165, 1.54) is 6.20 Å². The molecular weight excluding hydrogens is 280 g/mol. The molecule has 2 aromatic rings. The summed E-state index contributed by atoms with van der Waals surface area (Å²) in [7, 11) is -3.37. The number of nitrogens with zero attached hydrogens (tertiary/aromatic N) is 2. The SMILES string of the molecule is CC/C=C/c1ccc(-c2ccnc(S(C)(=O)=O)n2)s1. The third-order valence-corrected chi connectivity index (χ3v) is 4.30. The van der Waals surface area contributed by atoms with E-state index in [0.717, 1.165) is 22.4 Å².